The Labute approximate surface area is 229 Å². The molecular weight excluding hydrogens is 555 g/mol. The molecule has 3 aromatic rings. The number of morpholine rings is 1. The zero-order valence-corrected chi connectivity index (χ0v) is 21.2. The monoisotopic (exact) mass is 578 g/mol. The Bertz CT molecular complexity index is 1610. The Morgan fingerprint density at radius 3 is 2.61 bits per heavy atom. The second-order valence-corrected chi connectivity index (χ2v) is 10.3. The third-order valence-corrected chi connectivity index (χ3v) is 8.23. The number of aromatic nitrogens is 1. The zero-order chi connectivity index (χ0) is 28.8. The molecule has 2 aromatic carbocycles. The van der Waals surface area contributed by atoms with Crippen LogP contribution >= 0.6 is 0 Å². The molecule has 0 aliphatic carbocycles. The molecule has 4 aliphatic heterocycles. The predicted octanol–water partition coefficient (Wildman–Crippen LogP) is 2.87. The summed E-state index contributed by atoms with van der Waals surface area (Å²) in [5, 5.41) is 23.6. The molecule has 1 saturated heterocycles. The molecule has 5 heterocycles. The Morgan fingerprint density at radius 2 is 1.83 bits per heavy atom. The van der Waals surface area contributed by atoms with Gasteiger partial charge in [-0.3, -0.25) is 14.5 Å². The molecule has 2 N–H and O–H groups in total. The minimum atomic E-state index is -4.75. The van der Waals surface area contributed by atoms with E-state index in [1.54, 1.807) is 22.0 Å². The molecule has 4 unspecified atom stereocenters. The van der Waals surface area contributed by atoms with Crippen molar-refractivity contribution in [3.8, 4) is 11.5 Å². The number of aliphatic hydroxyl groups is 1. The highest BCUT2D eigenvalue weighted by Gasteiger charge is 2.52. The number of nitrogens with zero attached hydrogens (tertiary/aromatic N) is 4. The van der Waals surface area contributed by atoms with Crippen LogP contribution in [-0.2, 0) is 11.3 Å². The van der Waals surface area contributed by atoms with Crippen molar-refractivity contribution in [2.45, 2.75) is 37.2 Å². The average molecular weight is 578 g/mol. The second kappa shape index (κ2) is 9.06. The van der Waals surface area contributed by atoms with E-state index in [0.717, 1.165) is 17.0 Å². The number of aromatic hydroxyl groups is 1. The quantitative estimate of drug-likeness (QED) is 0.427. The van der Waals surface area contributed by atoms with E-state index in [4.69, 9.17) is 9.47 Å². The molecule has 14 heteroatoms. The van der Waals surface area contributed by atoms with Crippen LogP contribution in [0, 0.1) is 11.6 Å². The lowest BCUT2D eigenvalue weighted by atomic mass is 9.92. The summed E-state index contributed by atoms with van der Waals surface area (Å²) in [6, 6.07) is 4.75. The summed E-state index contributed by atoms with van der Waals surface area (Å²) in [4.78, 5) is 15.0. The number of anilines is 1. The minimum absolute atomic E-state index is 0.0132. The van der Waals surface area contributed by atoms with Crippen molar-refractivity contribution >= 4 is 5.69 Å². The van der Waals surface area contributed by atoms with Crippen molar-refractivity contribution in [2.75, 3.05) is 36.3 Å². The number of hydrogen-bond acceptors (Lipinski definition) is 8. The summed E-state index contributed by atoms with van der Waals surface area (Å²) in [5.41, 5.74) is -0.695. The van der Waals surface area contributed by atoms with Crippen molar-refractivity contribution < 1.29 is 41.6 Å². The Morgan fingerprint density at radius 1 is 1.02 bits per heavy atom. The fourth-order valence-corrected chi connectivity index (χ4v) is 6.39. The normalized spacial score (nSPS) is 25.4. The first-order chi connectivity index (χ1) is 19.6. The molecule has 0 bridgehead atoms. The summed E-state index contributed by atoms with van der Waals surface area (Å²) in [6.07, 6.45) is -5.65. The summed E-state index contributed by atoms with van der Waals surface area (Å²) in [6.45, 7) is -0.929. The van der Waals surface area contributed by atoms with Gasteiger partial charge in [-0.15, -0.1) is 0 Å². The molecule has 216 valence electrons. The van der Waals surface area contributed by atoms with Gasteiger partial charge in [0.15, 0.2) is 29.7 Å². The molecular formula is C27H23F5N4O5. The molecule has 7 rings (SSSR count). The largest absolute Gasteiger partial charge is 0.503 e. The number of halogens is 5. The van der Waals surface area contributed by atoms with E-state index < -0.39 is 66.6 Å². The van der Waals surface area contributed by atoms with Crippen LogP contribution in [0.4, 0.5) is 27.6 Å². The number of ether oxygens (including phenoxy) is 2. The van der Waals surface area contributed by atoms with Gasteiger partial charge in [0.1, 0.15) is 24.2 Å². The SMILES string of the molecule is O=c1ccn2c(c1O)C(O)N1CCOCC1N2C1c2ccc(F)c(F)c2CN2c3c(cccc31)OCC2C(F)(F)F. The van der Waals surface area contributed by atoms with Gasteiger partial charge >= 0.3 is 6.18 Å². The fraction of sp³-hybridized carbons (Fsp3) is 0.370. The lowest BCUT2D eigenvalue weighted by molar-refractivity contribution is -0.157. The van der Waals surface area contributed by atoms with Crippen molar-refractivity contribution in [1.29, 1.82) is 0 Å². The highest BCUT2D eigenvalue weighted by molar-refractivity contribution is 5.71. The van der Waals surface area contributed by atoms with Crippen LogP contribution in [0.25, 0.3) is 0 Å². The van der Waals surface area contributed by atoms with Gasteiger partial charge in [0.25, 0.3) is 0 Å². The van der Waals surface area contributed by atoms with Crippen LogP contribution in [0.1, 0.15) is 34.7 Å². The smallest absolute Gasteiger partial charge is 0.412 e. The van der Waals surface area contributed by atoms with Crippen molar-refractivity contribution in [2.24, 2.45) is 0 Å². The number of para-hydroxylation sites is 1. The number of aliphatic hydroxyl groups excluding tert-OH is 1. The fourth-order valence-electron chi connectivity index (χ4n) is 6.39. The summed E-state index contributed by atoms with van der Waals surface area (Å²) < 4.78 is 85.8. The number of rotatable bonds is 1. The number of hydrogen-bond donors (Lipinski definition) is 2. The highest BCUT2D eigenvalue weighted by atomic mass is 19.4. The third kappa shape index (κ3) is 3.73. The molecule has 9 nitrogen and oxygen atoms in total. The van der Waals surface area contributed by atoms with E-state index in [9.17, 15) is 32.6 Å². The summed E-state index contributed by atoms with van der Waals surface area (Å²) in [7, 11) is 0. The van der Waals surface area contributed by atoms with Crippen molar-refractivity contribution in [1.82, 2.24) is 9.58 Å². The van der Waals surface area contributed by atoms with Gasteiger partial charge in [-0.05, 0) is 17.7 Å². The van der Waals surface area contributed by atoms with Gasteiger partial charge in [0.05, 0.1) is 24.9 Å². The third-order valence-electron chi connectivity index (χ3n) is 8.23. The Balaban J connectivity index is 1.55. The number of alkyl halides is 3. The first kappa shape index (κ1) is 26.0. The van der Waals surface area contributed by atoms with Crippen LogP contribution in [0.5, 0.6) is 11.5 Å². The topological polar surface area (TPSA) is 90.6 Å². The van der Waals surface area contributed by atoms with Crippen molar-refractivity contribution in [3.05, 3.63) is 86.8 Å². The molecule has 1 aromatic heterocycles. The van der Waals surface area contributed by atoms with Crippen LogP contribution in [0.3, 0.4) is 0 Å². The average Bonchev–Trinajstić information content (AvgIpc) is 3.09. The van der Waals surface area contributed by atoms with Gasteiger partial charge in [-0.1, -0.05) is 18.2 Å². The van der Waals surface area contributed by atoms with Gasteiger partial charge in [-0.25, -0.2) is 13.7 Å². The number of fused-ring (bicyclic) bond motifs is 3. The summed E-state index contributed by atoms with van der Waals surface area (Å²) >= 11 is 0. The van der Waals surface area contributed by atoms with Gasteiger partial charge in [-0.2, -0.15) is 13.2 Å². The van der Waals surface area contributed by atoms with Crippen LogP contribution in [-0.4, -0.2) is 64.5 Å². The molecule has 4 aliphatic rings. The molecule has 0 spiro atoms. The van der Waals surface area contributed by atoms with E-state index in [1.807, 2.05) is 0 Å². The highest BCUT2D eigenvalue weighted by Crippen LogP contribution is 2.51. The van der Waals surface area contributed by atoms with Crippen molar-refractivity contribution in [3.63, 3.8) is 0 Å². The number of pyridine rings is 1. The Hall–Kier alpha value is -3.88. The van der Waals surface area contributed by atoms with Crippen LogP contribution in [0.15, 0.2) is 47.4 Å². The lowest BCUT2D eigenvalue weighted by Gasteiger charge is -2.53. The molecule has 41 heavy (non-hydrogen) atoms. The maximum atomic E-state index is 15.6. The van der Waals surface area contributed by atoms with Crippen LogP contribution < -0.4 is 20.1 Å². The van der Waals surface area contributed by atoms with Gasteiger partial charge < -0.3 is 24.6 Å². The van der Waals surface area contributed by atoms with Gasteiger partial charge in [0, 0.05) is 36.5 Å². The predicted molar refractivity (Wildman–Crippen MR) is 133 cm³/mol. The maximum absolute atomic E-state index is 15.6. The molecule has 4 atom stereocenters. The lowest BCUT2D eigenvalue weighted by Crippen LogP contribution is -2.65. The minimum Gasteiger partial charge on any atom is -0.503 e. The van der Waals surface area contributed by atoms with Gasteiger partial charge in [0.2, 0.25) is 5.43 Å². The summed E-state index contributed by atoms with van der Waals surface area (Å²) in [5.74, 6) is -3.08. The standard InChI is InChI=1S/C27H23F5N4O5/c28-16-5-4-13-15(21(16)29)10-34-19(27(30,31)32)11-41-18-3-1-2-14(23(18)34)22(13)36-20-12-40-9-8-33(20)26(39)24-25(38)17(37)6-7-35(24)36/h1-7,19-20,22,26,38-39H,8-12H2. The van der Waals surface area contributed by atoms with E-state index in [-0.39, 0.29) is 53.6 Å². The molecule has 1 fully saturated rings. The number of benzene rings is 2. The van der Waals surface area contributed by atoms with E-state index in [0.29, 0.717) is 0 Å². The first-order valence-electron chi connectivity index (χ1n) is 12.9. The molecule has 0 radical (unpaired) electrons. The maximum Gasteiger partial charge on any atom is 0.412 e. The second-order valence-electron chi connectivity index (χ2n) is 10.3. The zero-order valence-electron chi connectivity index (χ0n) is 21.2. The van der Waals surface area contributed by atoms with E-state index >= 15 is 4.39 Å². The van der Waals surface area contributed by atoms with E-state index in [1.165, 1.54) is 23.0 Å². The van der Waals surface area contributed by atoms with Crippen LogP contribution in [0.2, 0.25) is 0 Å². The van der Waals surface area contributed by atoms with E-state index in [2.05, 4.69) is 0 Å². The first-order valence-corrected chi connectivity index (χ1v) is 12.9. The molecule has 0 amide bonds. The molecule has 0 saturated carbocycles. The Kier molecular flexibility index (Phi) is 5.76.